The van der Waals surface area contributed by atoms with E-state index >= 15 is 0 Å². The van der Waals surface area contributed by atoms with Gasteiger partial charge in [0.1, 0.15) is 17.7 Å². The molecule has 6 nitrogen and oxygen atoms in total. The number of nitrogen functional groups attached to an aromatic ring is 1. The van der Waals surface area contributed by atoms with Crippen LogP contribution in [0.25, 0.3) is 38.8 Å². The highest BCUT2D eigenvalue weighted by atomic mass is 19.4. The molecule has 0 radical (unpaired) electrons. The quantitative estimate of drug-likeness (QED) is 0.346. The fourth-order valence-corrected chi connectivity index (χ4v) is 4.03. The van der Waals surface area contributed by atoms with Crippen LogP contribution in [-0.4, -0.2) is 19.5 Å². The minimum atomic E-state index is -4.61. The van der Waals surface area contributed by atoms with Gasteiger partial charge >= 0.3 is 6.18 Å². The maximum Gasteiger partial charge on any atom is 0.419 e. The van der Waals surface area contributed by atoms with E-state index in [0.29, 0.717) is 22.2 Å². The number of alkyl halides is 3. The summed E-state index contributed by atoms with van der Waals surface area (Å²) in [4.78, 5) is 12.7. The first-order chi connectivity index (χ1) is 16.6. The van der Waals surface area contributed by atoms with E-state index < -0.39 is 23.0 Å². The van der Waals surface area contributed by atoms with Crippen LogP contribution in [0.5, 0.6) is 0 Å². The molecule has 0 unspecified atom stereocenters. The first kappa shape index (κ1) is 22.3. The Hall–Kier alpha value is -4.45. The molecule has 0 atom stereocenters. The number of pyridine rings is 2. The Morgan fingerprint density at radius 2 is 1.63 bits per heavy atom. The topological polar surface area (TPSA) is 93.4 Å². The SMILES string of the molecule is CC(C)(C#N)c1ccc(-n2cnc3cnc4ccc(-c5cnc(N)c(C(F)(F)F)c5)cc4c32)cc1. The average Bonchev–Trinajstić information content (AvgIpc) is 3.28. The maximum absolute atomic E-state index is 13.4. The van der Waals surface area contributed by atoms with Crippen molar-refractivity contribution in [3.05, 3.63) is 78.4 Å². The highest BCUT2D eigenvalue weighted by Crippen LogP contribution is 2.36. The molecule has 0 saturated heterocycles. The van der Waals surface area contributed by atoms with Gasteiger partial charge in [0.2, 0.25) is 0 Å². The molecule has 3 aromatic heterocycles. The van der Waals surface area contributed by atoms with Crippen molar-refractivity contribution in [3.8, 4) is 22.9 Å². The summed E-state index contributed by atoms with van der Waals surface area (Å²) >= 11 is 0. The summed E-state index contributed by atoms with van der Waals surface area (Å²) < 4.78 is 42.0. The second-order valence-corrected chi connectivity index (χ2v) is 8.78. The number of rotatable bonds is 3. The number of hydrogen-bond acceptors (Lipinski definition) is 5. The zero-order valence-electron chi connectivity index (χ0n) is 18.8. The van der Waals surface area contributed by atoms with Crippen LogP contribution in [0, 0.1) is 11.3 Å². The molecular formula is C26H19F3N6. The van der Waals surface area contributed by atoms with Crippen LogP contribution >= 0.6 is 0 Å². The van der Waals surface area contributed by atoms with Gasteiger partial charge in [-0.15, -0.1) is 0 Å². The number of fused-ring (bicyclic) bond motifs is 3. The van der Waals surface area contributed by atoms with Crippen molar-refractivity contribution in [2.24, 2.45) is 0 Å². The van der Waals surface area contributed by atoms with Gasteiger partial charge in [-0.25, -0.2) is 9.97 Å². The van der Waals surface area contributed by atoms with Gasteiger partial charge < -0.3 is 5.73 Å². The summed E-state index contributed by atoms with van der Waals surface area (Å²) in [5, 5.41) is 10.1. The van der Waals surface area contributed by atoms with Crippen molar-refractivity contribution in [1.82, 2.24) is 19.5 Å². The van der Waals surface area contributed by atoms with Crippen molar-refractivity contribution in [2.45, 2.75) is 25.4 Å². The van der Waals surface area contributed by atoms with E-state index in [1.165, 1.54) is 6.20 Å². The molecule has 0 bridgehead atoms. The monoisotopic (exact) mass is 472 g/mol. The molecule has 2 aromatic carbocycles. The van der Waals surface area contributed by atoms with Gasteiger partial charge in [-0.1, -0.05) is 18.2 Å². The largest absolute Gasteiger partial charge is 0.419 e. The molecule has 35 heavy (non-hydrogen) atoms. The number of halogens is 3. The molecule has 0 fully saturated rings. The Morgan fingerprint density at radius 1 is 0.886 bits per heavy atom. The number of nitrogens with zero attached hydrogens (tertiary/aromatic N) is 5. The van der Waals surface area contributed by atoms with Crippen molar-refractivity contribution >= 4 is 27.8 Å². The van der Waals surface area contributed by atoms with Crippen molar-refractivity contribution in [1.29, 1.82) is 5.26 Å². The lowest BCUT2D eigenvalue weighted by Gasteiger charge is -2.16. The van der Waals surface area contributed by atoms with Gasteiger partial charge in [0.15, 0.2) is 0 Å². The van der Waals surface area contributed by atoms with Crippen LogP contribution in [0.1, 0.15) is 25.0 Å². The lowest BCUT2D eigenvalue weighted by molar-refractivity contribution is -0.137. The summed E-state index contributed by atoms with van der Waals surface area (Å²) in [6.07, 6.45) is 0.0545. The van der Waals surface area contributed by atoms with Gasteiger partial charge in [0.25, 0.3) is 0 Å². The van der Waals surface area contributed by atoms with Crippen LogP contribution in [-0.2, 0) is 11.6 Å². The number of benzene rings is 2. The molecule has 0 saturated carbocycles. The van der Waals surface area contributed by atoms with E-state index in [9.17, 15) is 18.4 Å². The number of anilines is 1. The van der Waals surface area contributed by atoms with Crippen LogP contribution in [0.3, 0.4) is 0 Å². The van der Waals surface area contributed by atoms with E-state index in [0.717, 1.165) is 28.2 Å². The zero-order chi connectivity index (χ0) is 25.0. The molecule has 0 aliphatic rings. The van der Waals surface area contributed by atoms with Gasteiger partial charge in [-0.05, 0) is 55.3 Å². The van der Waals surface area contributed by atoms with E-state index in [2.05, 4.69) is 21.0 Å². The smallest absolute Gasteiger partial charge is 0.383 e. The van der Waals surface area contributed by atoms with E-state index in [4.69, 9.17) is 5.73 Å². The molecule has 0 amide bonds. The Bertz CT molecular complexity index is 1630. The van der Waals surface area contributed by atoms with Gasteiger partial charge in [-0.2, -0.15) is 18.4 Å². The molecule has 174 valence electrons. The summed E-state index contributed by atoms with van der Waals surface area (Å²) in [7, 11) is 0. The van der Waals surface area contributed by atoms with Crippen LogP contribution < -0.4 is 5.73 Å². The molecule has 5 rings (SSSR count). The van der Waals surface area contributed by atoms with Crippen LogP contribution in [0.4, 0.5) is 19.0 Å². The minimum absolute atomic E-state index is 0.291. The third-order valence-corrected chi connectivity index (χ3v) is 6.08. The first-order valence-electron chi connectivity index (χ1n) is 10.7. The highest BCUT2D eigenvalue weighted by molar-refractivity contribution is 6.04. The summed E-state index contributed by atoms with van der Waals surface area (Å²) in [5.74, 6) is -0.563. The molecule has 0 aliphatic carbocycles. The minimum Gasteiger partial charge on any atom is -0.383 e. The van der Waals surface area contributed by atoms with Crippen molar-refractivity contribution < 1.29 is 13.2 Å². The van der Waals surface area contributed by atoms with Gasteiger partial charge in [0, 0.05) is 22.8 Å². The maximum atomic E-state index is 13.4. The molecule has 9 heteroatoms. The fraction of sp³-hybridized carbons (Fsp3) is 0.154. The Kier molecular flexibility index (Phi) is 4.98. The number of nitriles is 1. The van der Waals surface area contributed by atoms with Gasteiger partial charge in [-0.3, -0.25) is 9.55 Å². The number of imidazole rings is 1. The lowest BCUT2D eigenvalue weighted by Crippen LogP contribution is -2.13. The van der Waals surface area contributed by atoms with Crippen molar-refractivity contribution in [3.63, 3.8) is 0 Å². The Balaban J connectivity index is 1.68. The average molecular weight is 472 g/mol. The van der Waals surface area contributed by atoms with Crippen LogP contribution in [0.2, 0.25) is 0 Å². The summed E-state index contributed by atoms with van der Waals surface area (Å²) in [5.41, 5.74) is 8.50. The fourth-order valence-electron chi connectivity index (χ4n) is 4.03. The number of hydrogen-bond donors (Lipinski definition) is 1. The second-order valence-electron chi connectivity index (χ2n) is 8.78. The van der Waals surface area contributed by atoms with Crippen molar-refractivity contribution in [2.75, 3.05) is 5.73 Å². The van der Waals surface area contributed by atoms with Gasteiger partial charge in [0.05, 0.1) is 34.3 Å². The van der Waals surface area contributed by atoms with E-state index in [1.807, 2.05) is 42.7 Å². The zero-order valence-corrected chi connectivity index (χ0v) is 18.8. The van der Waals surface area contributed by atoms with Crippen LogP contribution in [0.15, 0.2) is 67.3 Å². The lowest BCUT2D eigenvalue weighted by atomic mass is 9.86. The van der Waals surface area contributed by atoms with E-state index in [-0.39, 0.29) is 0 Å². The highest BCUT2D eigenvalue weighted by Gasteiger charge is 2.34. The molecular weight excluding hydrogens is 453 g/mol. The molecule has 2 N–H and O–H groups in total. The molecule has 0 spiro atoms. The Labute approximate surface area is 198 Å². The molecule has 5 aromatic rings. The Morgan fingerprint density at radius 3 is 2.31 bits per heavy atom. The number of nitrogens with two attached hydrogens (primary N) is 1. The summed E-state index contributed by atoms with van der Waals surface area (Å²) in [6, 6.07) is 16.2. The standard InChI is InChI=1S/C26H19F3N6/c1-25(2,13-30)17-4-6-18(7-5-17)35-14-34-22-12-32-21-8-3-15(9-19(21)23(22)35)16-10-20(26(27,28)29)24(31)33-11-16/h3-12,14H,1-2H3,(H2,31,33). The normalized spacial score (nSPS) is 12.2. The number of aromatic nitrogens is 4. The third-order valence-electron chi connectivity index (χ3n) is 6.08. The predicted octanol–water partition coefficient (Wildman–Crippen LogP) is 6.04. The first-order valence-corrected chi connectivity index (χ1v) is 10.7. The molecule has 0 aliphatic heterocycles. The molecule has 3 heterocycles. The second kappa shape index (κ2) is 7.81. The third kappa shape index (κ3) is 3.83. The summed E-state index contributed by atoms with van der Waals surface area (Å²) in [6.45, 7) is 3.71. The van der Waals surface area contributed by atoms with E-state index in [1.54, 1.807) is 30.7 Å². The predicted molar refractivity (Wildman–Crippen MR) is 128 cm³/mol.